The summed E-state index contributed by atoms with van der Waals surface area (Å²) in [6.07, 6.45) is 16.7. The number of likely N-dealkylation sites (tertiary alicyclic amines) is 2. The van der Waals surface area contributed by atoms with E-state index in [0.29, 0.717) is 0 Å². The molecule has 6 heteroatoms. The number of rotatable bonds is 12. The van der Waals surface area contributed by atoms with E-state index in [1.54, 1.807) is 14.2 Å². The van der Waals surface area contributed by atoms with E-state index in [2.05, 4.69) is 72.2 Å². The molecule has 0 N–H and O–H groups in total. The molecule has 0 radical (unpaired) electrons. The van der Waals surface area contributed by atoms with Crippen LogP contribution in [0.1, 0.15) is 113 Å². The Morgan fingerprint density at radius 2 is 1.00 bits per heavy atom. The minimum atomic E-state index is -0.132. The summed E-state index contributed by atoms with van der Waals surface area (Å²) in [6, 6.07) is 17.6. The van der Waals surface area contributed by atoms with E-state index in [9.17, 15) is 0 Å². The highest BCUT2D eigenvalue weighted by molar-refractivity contribution is 5.36. The molecule has 2 saturated heterocycles. The summed E-state index contributed by atoms with van der Waals surface area (Å²) in [5, 5.41) is 0. The predicted octanol–water partition coefficient (Wildman–Crippen LogP) is 8.21. The summed E-state index contributed by atoms with van der Waals surface area (Å²) in [6.45, 7) is 11.5. The number of hydrogen-bond donors (Lipinski definition) is 0. The molecule has 2 aromatic carbocycles. The molecule has 0 bridgehead atoms. The van der Waals surface area contributed by atoms with E-state index in [-0.39, 0.29) is 23.8 Å². The second kappa shape index (κ2) is 17.6. The van der Waals surface area contributed by atoms with Crippen molar-refractivity contribution in [2.24, 2.45) is 0 Å². The van der Waals surface area contributed by atoms with E-state index < -0.39 is 0 Å². The Labute approximate surface area is 280 Å². The van der Waals surface area contributed by atoms with Crippen molar-refractivity contribution in [2.75, 3.05) is 53.5 Å². The Hall–Kier alpha value is -1.80. The SMILES string of the molecule is CCCCCCCCN1CCC2(CC1)OC(OC)Cc1ccccc12.CCCCN1CCC2(CC1)OC(OC)Cc1ccccc12. The number of nitrogens with zero attached hydrogens (tertiary/aromatic N) is 2. The van der Waals surface area contributed by atoms with Gasteiger partial charge in [0.2, 0.25) is 0 Å². The number of piperidine rings is 2. The van der Waals surface area contributed by atoms with Crippen molar-refractivity contribution in [3.63, 3.8) is 0 Å². The number of ether oxygens (including phenoxy) is 4. The number of unbranched alkanes of at least 4 members (excludes halogenated alkanes) is 6. The van der Waals surface area contributed by atoms with Gasteiger partial charge in [0.05, 0.1) is 11.2 Å². The fraction of sp³-hybridized carbons (Fsp3) is 0.700. The Morgan fingerprint density at radius 3 is 1.46 bits per heavy atom. The van der Waals surface area contributed by atoms with E-state index in [1.165, 1.54) is 86.7 Å². The molecule has 0 aromatic heterocycles. The second-order valence-corrected chi connectivity index (χ2v) is 14.1. The molecule has 4 aliphatic rings. The maximum Gasteiger partial charge on any atom is 0.162 e. The fourth-order valence-electron chi connectivity index (χ4n) is 8.17. The minimum Gasteiger partial charge on any atom is -0.356 e. The van der Waals surface area contributed by atoms with E-state index in [1.807, 2.05) is 0 Å². The molecule has 6 nitrogen and oxygen atoms in total. The Morgan fingerprint density at radius 1 is 0.587 bits per heavy atom. The summed E-state index contributed by atoms with van der Waals surface area (Å²) < 4.78 is 24.0. The lowest BCUT2D eigenvalue weighted by atomic mass is 9.79. The zero-order chi connectivity index (χ0) is 32.2. The molecule has 4 heterocycles. The first kappa shape index (κ1) is 35.5. The highest BCUT2D eigenvalue weighted by Crippen LogP contribution is 2.44. The van der Waals surface area contributed by atoms with Gasteiger partial charge in [0.15, 0.2) is 12.6 Å². The van der Waals surface area contributed by atoms with Crippen molar-refractivity contribution in [3.8, 4) is 0 Å². The Bertz CT molecular complexity index is 1170. The monoisotopic (exact) mass is 634 g/mol. The first-order valence-electron chi connectivity index (χ1n) is 18.6. The molecule has 0 aliphatic carbocycles. The van der Waals surface area contributed by atoms with Crippen LogP contribution in [0.15, 0.2) is 48.5 Å². The quantitative estimate of drug-likeness (QED) is 0.219. The van der Waals surface area contributed by atoms with Gasteiger partial charge < -0.3 is 28.7 Å². The molecule has 4 aliphatic heterocycles. The molecule has 2 atom stereocenters. The third-order valence-corrected chi connectivity index (χ3v) is 11.0. The van der Waals surface area contributed by atoms with Gasteiger partial charge in [0.25, 0.3) is 0 Å². The number of hydrogen-bond acceptors (Lipinski definition) is 6. The van der Waals surface area contributed by atoms with Crippen LogP contribution in [0, 0.1) is 0 Å². The smallest absolute Gasteiger partial charge is 0.162 e. The largest absolute Gasteiger partial charge is 0.356 e. The highest BCUT2D eigenvalue weighted by atomic mass is 16.7. The van der Waals surface area contributed by atoms with Gasteiger partial charge in [0.1, 0.15) is 0 Å². The first-order chi connectivity index (χ1) is 22.5. The zero-order valence-corrected chi connectivity index (χ0v) is 29.4. The van der Waals surface area contributed by atoms with Gasteiger partial charge in [-0.15, -0.1) is 0 Å². The van der Waals surface area contributed by atoms with Crippen molar-refractivity contribution >= 4 is 0 Å². The molecule has 256 valence electrons. The van der Waals surface area contributed by atoms with Crippen molar-refractivity contribution in [2.45, 2.75) is 128 Å². The van der Waals surface area contributed by atoms with Gasteiger partial charge in [-0.05, 0) is 73.9 Å². The van der Waals surface area contributed by atoms with Gasteiger partial charge in [0, 0.05) is 53.2 Å². The normalized spacial score (nSPS) is 23.8. The van der Waals surface area contributed by atoms with Crippen LogP contribution in [-0.2, 0) is 43.0 Å². The average Bonchev–Trinajstić information content (AvgIpc) is 3.10. The fourth-order valence-corrected chi connectivity index (χ4v) is 8.17. The van der Waals surface area contributed by atoms with Crippen LogP contribution in [0.25, 0.3) is 0 Å². The van der Waals surface area contributed by atoms with Crippen molar-refractivity contribution in [1.82, 2.24) is 9.80 Å². The third-order valence-electron chi connectivity index (χ3n) is 11.0. The molecule has 2 aromatic rings. The molecule has 2 spiro atoms. The molecular weight excluding hydrogens is 572 g/mol. The molecule has 6 rings (SSSR count). The van der Waals surface area contributed by atoms with E-state index in [4.69, 9.17) is 18.9 Å². The van der Waals surface area contributed by atoms with Gasteiger partial charge >= 0.3 is 0 Å². The summed E-state index contributed by atoms with van der Waals surface area (Å²) in [5.74, 6) is 0. The lowest BCUT2D eigenvalue weighted by Crippen LogP contribution is -2.49. The van der Waals surface area contributed by atoms with Crippen LogP contribution >= 0.6 is 0 Å². The summed E-state index contributed by atoms with van der Waals surface area (Å²) in [4.78, 5) is 5.21. The lowest BCUT2D eigenvalue weighted by molar-refractivity contribution is -0.227. The van der Waals surface area contributed by atoms with Crippen molar-refractivity contribution in [3.05, 3.63) is 70.8 Å². The molecule has 46 heavy (non-hydrogen) atoms. The second-order valence-electron chi connectivity index (χ2n) is 14.1. The number of methoxy groups -OCH3 is 2. The van der Waals surface area contributed by atoms with Crippen LogP contribution < -0.4 is 0 Å². The number of benzene rings is 2. The first-order valence-corrected chi connectivity index (χ1v) is 18.6. The van der Waals surface area contributed by atoms with Crippen LogP contribution in [0.2, 0.25) is 0 Å². The van der Waals surface area contributed by atoms with Crippen LogP contribution in [0.5, 0.6) is 0 Å². The molecule has 2 unspecified atom stereocenters. The number of fused-ring (bicyclic) bond motifs is 4. The predicted molar refractivity (Wildman–Crippen MR) is 187 cm³/mol. The van der Waals surface area contributed by atoms with Crippen LogP contribution in [-0.4, -0.2) is 75.9 Å². The van der Waals surface area contributed by atoms with Gasteiger partial charge in [-0.3, -0.25) is 0 Å². The lowest BCUT2D eigenvalue weighted by Gasteiger charge is -2.47. The standard InChI is InChI=1S/C22H35NO2.C18H27NO2/c1-3-4-5-6-7-10-15-23-16-13-22(14-17-23)20-12-9-8-11-19(20)18-21(24-2)25-22;1-3-4-11-19-12-9-18(10-13-19)16-8-6-5-7-15(16)14-17(20-2)21-18/h8-9,11-12,21H,3-7,10,13-18H2,1-2H3;5-8,17H,3-4,9-14H2,1-2H3. The summed E-state index contributed by atoms with van der Waals surface area (Å²) >= 11 is 0. The van der Waals surface area contributed by atoms with Crippen LogP contribution in [0.4, 0.5) is 0 Å². The maximum atomic E-state index is 6.46. The van der Waals surface area contributed by atoms with E-state index >= 15 is 0 Å². The Kier molecular flexibility index (Phi) is 13.5. The summed E-state index contributed by atoms with van der Waals surface area (Å²) in [7, 11) is 3.52. The summed E-state index contributed by atoms with van der Waals surface area (Å²) in [5.41, 5.74) is 5.35. The van der Waals surface area contributed by atoms with Crippen molar-refractivity contribution < 1.29 is 18.9 Å². The van der Waals surface area contributed by atoms with Gasteiger partial charge in [-0.2, -0.15) is 0 Å². The Balaban J connectivity index is 0.000000184. The zero-order valence-electron chi connectivity index (χ0n) is 29.4. The molecule has 2 fully saturated rings. The third kappa shape index (κ3) is 8.80. The topological polar surface area (TPSA) is 43.4 Å². The average molecular weight is 635 g/mol. The highest BCUT2D eigenvalue weighted by Gasteiger charge is 2.44. The van der Waals surface area contributed by atoms with Gasteiger partial charge in [-0.25, -0.2) is 0 Å². The van der Waals surface area contributed by atoms with Crippen LogP contribution in [0.3, 0.4) is 0 Å². The molecular formula is C40H62N2O4. The van der Waals surface area contributed by atoms with Crippen molar-refractivity contribution in [1.29, 1.82) is 0 Å². The minimum absolute atomic E-state index is 0.0953. The van der Waals surface area contributed by atoms with Gasteiger partial charge in [-0.1, -0.05) is 101 Å². The van der Waals surface area contributed by atoms with E-state index in [0.717, 1.165) is 64.7 Å². The maximum absolute atomic E-state index is 6.46. The molecule has 0 amide bonds. The molecule has 0 saturated carbocycles.